The molecule has 3 rings (SSSR count). The summed E-state index contributed by atoms with van der Waals surface area (Å²) in [4.78, 5) is 24.9. The van der Waals surface area contributed by atoms with Gasteiger partial charge in [0.05, 0.1) is 16.5 Å². The summed E-state index contributed by atoms with van der Waals surface area (Å²) < 4.78 is 38.3. The number of benzene rings is 2. The average Bonchev–Trinajstić information content (AvgIpc) is 2.57. The molecule has 142 valence electrons. The second-order valence-electron chi connectivity index (χ2n) is 6.02. The molecule has 1 heterocycles. The average molecular weight is 415 g/mol. The van der Waals surface area contributed by atoms with Crippen LogP contribution in [0.1, 0.15) is 17.5 Å². The van der Waals surface area contributed by atoms with Crippen molar-refractivity contribution < 1.29 is 22.8 Å². The van der Waals surface area contributed by atoms with E-state index in [9.17, 15) is 22.8 Å². The summed E-state index contributed by atoms with van der Waals surface area (Å²) in [6.45, 7) is 1.83. The van der Waals surface area contributed by atoms with Crippen LogP contribution >= 0.6 is 23.4 Å². The predicted octanol–water partition coefficient (Wildman–Crippen LogP) is 5.11. The van der Waals surface area contributed by atoms with Gasteiger partial charge >= 0.3 is 6.18 Å². The Morgan fingerprint density at radius 3 is 2.67 bits per heavy atom. The minimum Gasteiger partial charge on any atom is -0.326 e. The third kappa shape index (κ3) is 4.56. The first kappa shape index (κ1) is 19.6. The van der Waals surface area contributed by atoms with Crippen LogP contribution in [0.25, 0.3) is 0 Å². The van der Waals surface area contributed by atoms with Crippen LogP contribution < -0.4 is 10.6 Å². The van der Waals surface area contributed by atoms with Gasteiger partial charge in [-0.2, -0.15) is 13.2 Å². The zero-order valence-electron chi connectivity index (χ0n) is 14.0. The molecule has 0 saturated carbocycles. The van der Waals surface area contributed by atoms with E-state index in [4.69, 9.17) is 11.6 Å². The van der Waals surface area contributed by atoms with E-state index in [0.29, 0.717) is 15.6 Å². The summed E-state index contributed by atoms with van der Waals surface area (Å²) in [6, 6.07) is 8.21. The molecule has 9 heteroatoms. The van der Waals surface area contributed by atoms with Gasteiger partial charge in [0.1, 0.15) is 0 Å². The van der Waals surface area contributed by atoms with Crippen LogP contribution in [0.4, 0.5) is 24.5 Å². The number of aryl methyl sites for hydroxylation is 1. The Balaban J connectivity index is 1.69. The Hall–Kier alpha value is -2.19. The normalized spacial score (nSPS) is 16.5. The third-order valence-electron chi connectivity index (χ3n) is 3.95. The van der Waals surface area contributed by atoms with Gasteiger partial charge in [0.25, 0.3) is 0 Å². The fourth-order valence-electron chi connectivity index (χ4n) is 2.51. The zero-order valence-corrected chi connectivity index (χ0v) is 15.6. The van der Waals surface area contributed by atoms with Gasteiger partial charge in [-0.05, 0) is 42.8 Å². The number of amides is 2. The topological polar surface area (TPSA) is 58.2 Å². The number of anilines is 2. The lowest BCUT2D eigenvalue weighted by atomic mass is 10.1. The molecule has 0 bridgehead atoms. The first-order valence-corrected chi connectivity index (χ1v) is 9.14. The van der Waals surface area contributed by atoms with Crippen molar-refractivity contribution in [2.75, 3.05) is 10.6 Å². The molecule has 0 aliphatic carbocycles. The van der Waals surface area contributed by atoms with Crippen LogP contribution in [0.15, 0.2) is 41.3 Å². The highest BCUT2D eigenvalue weighted by atomic mass is 35.5. The molecule has 0 radical (unpaired) electrons. The minimum absolute atomic E-state index is 0.0989. The number of hydrogen-bond donors (Lipinski definition) is 2. The number of halogens is 4. The molecule has 2 aromatic carbocycles. The molecule has 0 saturated heterocycles. The summed E-state index contributed by atoms with van der Waals surface area (Å²) in [7, 11) is 0. The summed E-state index contributed by atoms with van der Waals surface area (Å²) in [5.41, 5.74) is 0.634. The fraction of sp³-hybridized carbons (Fsp3) is 0.222. The van der Waals surface area contributed by atoms with Crippen LogP contribution in [0, 0.1) is 6.92 Å². The van der Waals surface area contributed by atoms with Crippen molar-refractivity contribution in [2.24, 2.45) is 0 Å². The standard InChI is InChI=1S/C18H14ClF3N2O2S/c1-9-2-4-11(7-12(9)19)23-16(25)8-15-17(26)24-13-6-10(18(20,21)22)3-5-14(13)27-15/h2-7,15H,8H2,1H3,(H,23,25)(H,24,26). The number of nitrogens with one attached hydrogen (secondary N) is 2. The Bertz CT molecular complexity index is 918. The Morgan fingerprint density at radius 1 is 1.26 bits per heavy atom. The van der Waals surface area contributed by atoms with Gasteiger partial charge in [-0.15, -0.1) is 11.8 Å². The van der Waals surface area contributed by atoms with Gasteiger partial charge in [0, 0.05) is 22.0 Å². The second kappa shape index (κ2) is 7.44. The highest BCUT2D eigenvalue weighted by molar-refractivity contribution is 8.01. The zero-order chi connectivity index (χ0) is 19.8. The van der Waals surface area contributed by atoms with E-state index in [1.807, 2.05) is 6.92 Å². The molecule has 0 spiro atoms. The lowest BCUT2D eigenvalue weighted by Crippen LogP contribution is -2.32. The van der Waals surface area contributed by atoms with Gasteiger partial charge in [-0.25, -0.2) is 0 Å². The maximum atomic E-state index is 12.8. The molecule has 1 unspecified atom stereocenters. The van der Waals surface area contributed by atoms with Crippen LogP contribution in [0.5, 0.6) is 0 Å². The Morgan fingerprint density at radius 2 is 2.00 bits per heavy atom. The highest BCUT2D eigenvalue weighted by Gasteiger charge is 2.34. The van der Waals surface area contributed by atoms with Gasteiger partial charge in [0.2, 0.25) is 11.8 Å². The quantitative estimate of drug-likeness (QED) is 0.733. The number of hydrogen-bond acceptors (Lipinski definition) is 3. The number of alkyl halides is 3. The van der Waals surface area contributed by atoms with E-state index in [1.165, 1.54) is 6.07 Å². The van der Waals surface area contributed by atoms with Crippen molar-refractivity contribution in [1.29, 1.82) is 0 Å². The van der Waals surface area contributed by atoms with Crippen LogP contribution in [-0.4, -0.2) is 17.1 Å². The Labute approximate surface area is 162 Å². The number of thioether (sulfide) groups is 1. The van der Waals surface area contributed by atoms with Crippen LogP contribution in [0.2, 0.25) is 5.02 Å². The summed E-state index contributed by atoms with van der Waals surface area (Å²) in [5.74, 6) is -0.901. The van der Waals surface area contributed by atoms with E-state index in [-0.39, 0.29) is 12.1 Å². The maximum Gasteiger partial charge on any atom is 0.416 e. The minimum atomic E-state index is -4.49. The van der Waals surface area contributed by atoms with E-state index < -0.39 is 28.8 Å². The van der Waals surface area contributed by atoms with Crippen molar-refractivity contribution in [3.8, 4) is 0 Å². The third-order valence-corrected chi connectivity index (χ3v) is 5.64. The second-order valence-corrected chi connectivity index (χ2v) is 7.67. The first-order valence-electron chi connectivity index (χ1n) is 7.88. The highest BCUT2D eigenvalue weighted by Crippen LogP contribution is 2.40. The molecule has 1 atom stereocenters. The maximum absolute atomic E-state index is 12.8. The molecule has 0 fully saturated rings. The molecular formula is C18H14ClF3N2O2S. The molecular weight excluding hydrogens is 401 g/mol. The molecule has 0 aromatic heterocycles. The van der Waals surface area contributed by atoms with E-state index in [0.717, 1.165) is 29.5 Å². The lowest BCUT2D eigenvalue weighted by molar-refractivity contribution is -0.137. The summed E-state index contributed by atoms with van der Waals surface area (Å²) >= 11 is 7.08. The molecule has 2 amide bonds. The monoisotopic (exact) mass is 414 g/mol. The Kier molecular flexibility index (Phi) is 5.39. The number of carbonyl (C=O) groups is 2. The van der Waals surface area contributed by atoms with Crippen LogP contribution in [-0.2, 0) is 15.8 Å². The van der Waals surface area contributed by atoms with Crippen molar-refractivity contribution in [3.63, 3.8) is 0 Å². The molecule has 1 aliphatic heterocycles. The van der Waals surface area contributed by atoms with Crippen molar-refractivity contribution in [1.82, 2.24) is 0 Å². The molecule has 2 N–H and O–H groups in total. The molecule has 27 heavy (non-hydrogen) atoms. The van der Waals surface area contributed by atoms with Crippen molar-refractivity contribution in [2.45, 2.75) is 29.7 Å². The molecule has 2 aromatic rings. The van der Waals surface area contributed by atoms with Crippen LogP contribution in [0.3, 0.4) is 0 Å². The first-order chi connectivity index (χ1) is 12.6. The van der Waals surface area contributed by atoms with E-state index in [1.54, 1.807) is 18.2 Å². The van der Waals surface area contributed by atoms with Gasteiger partial charge < -0.3 is 10.6 Å². The summed E-state index contributed by atoms with van der Waals surface area (Å²) in [6.07, 6.45) is -4.61. The van der Waals surface area contributed by atoms with Gasteiger partial charge in [-0.1, -0.05) is 17.7 Å². The fourth-order valence-corrected chi connectivity index (χ4v) is 3.78. The predicted molar refractivity (Wildman–Crippen MR) is 99.2 cm³/mol. The van der Waals surface area contributed by atoms with Gasteiger partial charge in [0.15, 0.2) is 0 Å². The van der Waals surface area contributed by atoms with Crippen molar-refractivity contribution >= 4 is 46.6 Å². The van der Waals surface area contributed by atoms with Crippen molar-refractivity contribution in [3.05, 3.63) is 52.5 Å². The lowest BCUT2D eigenvalue weighted by Gasteiger charge is -2.24. The molecule has 4 nitrogen and oxygen atoms in total. The number of fused-ring (bicyclic) bond motifs is 1. The molecule has 1 aliphatic rings. The smallest absolute Gasteiger partial charge is 0.326 e. The summed E-state index contributed by atoms with van der Waals surface area (Å²) in [5, 5.41) is 4.88. The van der Waals surface area contributed by atoms with E-state index in [2.05, 4.69) is 10.6 Å². The SMILES string of the molecule is Cc1ccc(NC(=O)CC2Sc3ccc(C(F)(F)F)cc3NC2=O)cc1Cl. The van der Waals surface area contributed by atoms with E-state index >= 15 is 0 Å². The number of carbonyl (C=O) groups excluding carboxylic acids is 2. The van der Waals surface area contributed by atoms with Gasteiger partial charge in [-0.3, -0.25) is 9.59 Å². The number of rotatable bonds is 3. The largest absolute Gasteiger partial charge is 0.416 e.